The molecule has 1 amide bonds. The zero-order valence-electron chi connectivity index (χ0n) is 46.4. The molecule has 1 heterocycles. The van der Waals surface area contributed by atoms with Crippen LogP contribution in [-0.4, -0.2) is 87.5 Å². The normalized spacial score (nSPS) is 19.7. The molecule has 0 spiro atoms. The first-order valence-corrected chi connectivity index (χ1v) is 30.2. The zero-order valence-corrected chi connectivity index (χ0v) is 46.4. The van der Waals surface area contributed by atoms with E-state index in [0.717, 1.165) is 83.5 Å². The summed E-state index contributed by atoms with van der Waals surface area (Å²) in [6.07, 6.45) is 65.4. The molecule has 9 nitrogen and oxygen atoms in total. The third-order valence-electron chi connectivity index (χ3n) is 14.0. The highest BCUT2D eigenvalue weighted by Crippen LogP contribution is 2.23. The van der Waals surface area contributed by atoms with Crippen molar-refractivity contribution in [3.63, 3.8) is 0 Å². The van der Waals surface area contributed by atoms with Gasteiger partial charge in [0.1, 0.15) is 24.4 Å². The Morgan fingerprint density at radius 2 is 0.861 bits per heavy atom. The number of ether oxygens (including phenoxy) is 2. The molecule has 0 aliphatic carbocycles. The van der Waals surface area contributed by atoms with E-state index in [1.807, 2.05) is 6.08 Å². The first-order valence-electron chi connectivity index (χ1n) is 30.2. The molecule has 1 aliphatic rings. The molecule has 0 radical (unpaired) electrons. The molecule has 1 aliphatic heterocycles. The van der Waals surface area contributed by atoms with Gasteiger partial charge < -0.3 is 40.3 Å². The molecule has 0 aromatic heterocycles. The first kappa shape index (κ1) is 67.6. The molecule has 72 heavy (non-hydrogen) atoms. The Bertz CT molecular complexity index is 1360. The predicted molar refractivity (Wildman–Crippen MR) is 304 cm³/mol. The van der Waals surface area contributed by atoms with Gasteiger partial charge in [-0.15, -0.1) is 0 Å². The van der Waals surface area contributed by atoms with Crippen molar-refractivity contribution >= 4 is 5.91 Å². The molecule has 0 aromatic rings. The zero-order chi connectivity index (χ0) is 52.2. The van der Waals surface area contributed by atoms with Gasteiger partial charge in [-0.3, -0.25) is 4.79 Å². The lowest BCUT2D eigenvalue weighted by Gasteiger charge is -2.40. The molecule has 418 valence electrons. The number of rotatable bonds is 51. The van der Waals surface area contributed by atoms with Gasteiger partial charge in [-0.2, -0.15) is 0 Å². The van der Waals surface area contributed by atoms with Crippen LogP contribution < -0.4 is 5.32 Å². The number of aliphatic hydroxyl groups excluding tert-OH is 5. The number of allylic oxidation sites excluding steroid dienone is 11. The van der Waals surface area contributed by atoms with Gasteiger partial charge in [-0.25, -0.2) is 0 Å². The highest BCUT2D eigenvalue weighted by Gasteiger charge is 2.44. The average molecular weight is 1010 g/mol. The van der Waals surface area contributed by atoms with Gasteiger partial charge in [0.05, 0.1) is 25.4 Å². The fourth-order valence-corrected chi connectivity index (χ4v) is 9.30. The average Bonchev–Trinajstić information content (AvgIpc) is 3.38. The summed E-state index contributed by atoms with van der Waals surface area (Å²) in [4.78, 5) is 13.1. The molecule has 9 heteroatoms. The third kappa shape index (κ3) is 40.9. The van der Waals surface area contributed by atoms with Gasteiger partial charge in [0.25, 0.3) is 0 Å². The van der Waals surface area contributed by atoms with E-state index in [1.54, 1.807) is 6.08 Å². The third-order valence-corrected chi connectivity index (χ3v) is 14.0. The summed E-state index contributed by atoms with van der Waals surface area (Å²) < 4.78 is 11.3. The van der Waals surface area contributed by atoms with Crippen molar-refractivity contribution in [2.45, 2.75) is 307 Å². The SMILES string of the molecule is CC/C=C\C/C=C\C/C=C\C/C=C\C/C=C\CCCCCCCCCC(=O)NC(COC1OC(CO)C(O)C(O)C1O)C(O)/C=C/CCCCCCCCCCCCCCCCCCCCCCCCCC. The molecule has 7 unspecified atom stereocenters. The van der Waals surface area contributed by atoms with Crippen LogP contribution >= 0.6 is 0 Å². The number of hydrogen-bond donors (Lipinski definition) is 6. The number of amides is 1. The number of hydrogen-bond acceptors (Lipinski definition) is 8. The second-order valence-electron chi connectivity index (χ2n) is 20.8. The molecule has 1 rings (SSSR count). The number of nitrogens with one attached hydrogen (secondary N) is 1. The van der Waals surface area contributed by atoms with E-state index >= 15 is 0 Å². The summed E-state index contributed by atoms with van der Waals surface area (Å²) in [6.45, 7) is 3.68. The molecule has 1 saturated heterocycles. The van der Waals surface area contributed by atoms with Gasteiger partial charge in [0, 0.05) is 6.42 Å². The van der Waals surface area contributed by atoms with E-state index in [4.69, 9.17) is 9.47 Å². The van der Waals surface area contributed by atoms with Crippen molar-refractivity contribution in [1.82, 2.24) is 5.32 Å². The van der Waals surface area contributed by atoms with E-state index in [0.29, 0.717) is 6.42 Å². The minimum absolute atomic E-state index is 0.188. The van der Waals surface area contributed by atoms with Crippen molar-refractivity contribution in [2.24, 2.45) is 0 Å². The van der Waals surface area contributed by atoms with Gasteiger partial charge >= 0.3 is 0 Å². The molecule has 6 N–H and O–H groups in total. The molecule has 7 atom stereocenters. The second kappa shape index (κ2) is 52.1. The predicted octanol–water partition coefficient (Wildman–Crippen LogP) is 15.2. The summed E-state index contributed by atoms with van der Waals surface area (Å²) in [6, 6.07) is -0.816. The van der Waals surface area contributed by atoms with E-state index in [1.165, 1.54) is 161 Å². The Morgan fingerprint density at radius 3 is 1.28 bits per heavy atom. The maximum atomic E-state index is 13.1. The Balaban J connectivity index is 2.23. The Morgan fingerprint density at radius 1 is 0.486 bits per heavy atom. The minimum atomic E-state index is -1.57. The van der Waals surface area contributed by atoms with E-state index in [-0.39, 0.29) is 12.5 Å². The summed E-state index contributed by atoms with van der Waals surface area (Å²) >= 11 is 0. The molecule has 0 bridgehead atoms. The van der Waals surface area contributed by atoms with Crippen LogP contribution in [0.4, 0.5) is 0 Å². The minimum Gasteiger partial charge on any atom is -0.394 e. The quantitative estimate of drug-likeness (QED) is 0.0261. The topological polar surface area (TPSA) is 149 Å². The van der Waals surface area contributed by atoms with Crippen LogP contribution in [0, 0.1) is 0 Å². The second-order valence-corrected chi connectivity index (χ2v) is 20.8. The van der Waals surface area contributed by atoms with Gasteiger partial charge in [0.2, 0.25) is 5.91 Å². The molecule has 0 saturated carbocycles. The van der Waals surface area contributed by atoms with Gasteiger partial charge in [-0.05, 0) is 64.2 Å². The highest BCUT2D eigenvalue weighted by atomic mass is 16.7. The number of carbonyl (C=O) groups excluding carboxylic acids is 1. The number of carbonyl (C=O) groups is 1. The van der Waals surface area contributed by atoms with Crippen LogP contribution in [0.1, 0.15) is 264 Å². The molecular weight excluding hydrogens is 899 g/mol. The Kier molecular flexibility index (Phi) is 48.9. The molecule has 1 fully saturated rings. The lowest BCUT2D eigenvalue weighted by atomic mass is 9.99. The van der Waals surface area contributed by atoms with Crippen molar-refractivity contribution < 1.29 is 39.8 Å². The molecule has 0 aromatic carbocycles. The summed E-state index contributed by atoms with van der Waals surface area (Å²) in [7, 11) is 0. The fourth-order valence-electron chi connectivity index (χ4n) is 9.30. The molecular formula is C63H113NO8. The van der Waals surface area contributed by atoms with Crippen molar-refractivity contribution in [3.05, 3.63) is 72.9 Å². The van der Waals surface area contributed by atoms with Crippen molar-refractivity contribution in [1.29, 1.82) is 0 Å². The number of unbranched alkanes of at least 4 members (excludes halogenated alkanes) is 31. The monoisotopic (exact) mass is 1010 g/mol. The lowest BCUT2D eigenvalue weighted by molar-refractivity contribution is -0.302. The van der Waals surface area contributed by atoms with Gasteiger partial charge in [0.15, 0.2) is 6.29 Å². The lowest BCUT2D eigenvalue weighted by Crippen LogP contribution is -2.60. The van der Waals surface area contributed by atoms with Crippen LogP contribution in [-0.2, 0) is 14.3 Å². The van der Waals surface area contributed by atoms with Gasteiger partial charge in [-0.1, -0.05) is 267 Å². The van der Waals surface area contributed by atoms with E-state index < -0.39 is 49.5 Å². The fraction of sp³-hybridized carbons (Fsp3) is 0.794. The van der Waals surface area contributed by atoms with Crippen LogP contribution in [0.3, 0.4) is 0 Å². The van der Waals surface area contributed by atoms with Crippen LogP contribution in [0.5, 0.6) is 0 Å². The Labute approximate surface area is 442 Å². The summed E-state index contributed by atoms with van der Waals surface area (Å²) in [5.41, 5.74) is 0. The highest BCUT2D eigenvalue weighted by molar-refractivity contribution is 5.76. The van der Waals surface area contributed by atoms with Crippen molar-refractivity contribution in [3.8, 4) is 0 Å². The smallest absolute Gasteiger partial charge is 0.220 e. The largest absolute Gasteiger partial charge is 0.394 e. The van der Waals surface area contributed by atoms with Crippen LogP contribution in [0.2, 0.25) is 0 Å². The van der Waals surface area contributed by atoms with Crippen LogP contribution in [0.15, 0.2) is 72.9 Å². The maximum absolute atomic E-state index is 13.1. The maximum Gasteiger partial charge on any atom is 0.220 e. The van der Waals surface area contributed by atoms with E-state index in [2.05, 4.69) is 79.9 Å². The first-order chi connectivity index (χ1) is 35.3. The van der Waals surface area contributed by atoms with Crippen LogP contribution in [0.25, 0.3) is 0 Å². The standard InChI is InChI=1S/C63H113NO8/c1-3-5-7-9-11-13-15-17-19-21-23-25-27-28-29-31-32-34-36-38-40-42-44-46-48-50-52-57(66)56(55-71-63-62(70)61(69)60(68)58(54-65)72-63)64-59(67)53-51-49-47-45-43-41-39-37-35-33-30-26-24-22-20-18-16-14-12-10-8-6-4-2/h6,8,12,14,18,20,24,26,33,35,50,52,56-58,60-63,65-66,68-70H,3-5,7,9-11,13,15-17,19,21-23,25,27-32,34,36-49,51,53-55H2,1-2H3,(H,64,67)/b8-6-,14-12-,20-18-,26-24-,35-33-,52-50+. The van der Waals surface area contributed by atoms with Crippen molar-refractivity contribution in [2.75, 3.05) is 13.2 Å². The Hall–Kier alpha value is -2.37. The summed E-state index contributed by atoms with van der Waals surface area (Å²) in [5.74, 6) is -0.188. The van der Waals surface area contributed by atoms with E-state index in [9.17, 15) is 30.3 Å². The summed E-state index contributed by atoms with van der Waals surface area (Å²) in [5, 5.41) is 54.6. The number of aliphatic hydroxyl groups is 5.